The molecule has 7 heteroatoms. The molecule has 2 heterocycles. The van der Waals surface area contributed by atoms with E-state index in [2.05, 4.69) is 49.7 Å². The molecule has 2 aliphatic rings. The molecule has 0 unspecified atom stereocenters. The summed E-state index contributed by atoms with van der Waals surface area (Å²) in [5.74, 6) is 0.894. The van der Waals surface area contributed by atoms with Crippen LogP contribution in [-0.4, -0.2) is 81.8 Å². The first-order chi connectivity index (χ1) is 12.3. The zero-order valence-electron chi connectivity index (χ0n) is 15.7. The van der Waals surface area contributed by atoms with Gasteiger partial charge in [-0.2, -0.15) is 0 Å². The van der Waals surface area contributed by atoms with Crippen molar-refractivity contribution in [2.45, 2.75) is 13.0 Å². The van der Waals surface area contributed by atoms with Crippen molar-refractivity contribution in [3.8, 4) is 0 Å². The van der Waals surface area contributed by atoms with Gasteiger partial charge in [-0.1, -0.05) is 24.3 Å². The Morgan fingerprint density at radius 2 is 1.65 bits per heavy atom. The molecule has 0 spiro atoms. The third kappa shape index (κ3) is 6.68. The summed E-state index contributed by atoms with van der Waals surface area (Å²) in [7, 11) is 1.83. The molecular weight excluding hydrogens is 441 g/mol. The average molecular weight is 473 g/mol. The van der Waals surface area contributed by atoms with Gasteiger partial charge in [-0.25, -0.2) is 0 Å². The number of halogens is 1. The Hall–Kier alpha value is -0.900. The van der Waals surface area contributed by atoms with Crippen LogP contribution in [0.15, 0.2) is 29.3 Å². The van der Waals surface area contributed by atoms with Crippen LogP contribution in [0.5, 0.6) is 0 Å². The summed E-state index contributed by atoms with van der Waals surface area (Å²) in [6.45, 7) is 9.87. The molecule has 0 bridgehead atoms. The lowest BCUT2D eigenvalue weighted by atomic mass is 10.00. The number of rotatable bonds is 6. The number of hydrogen-bond acceptors (Lipinski definition) is 4. The van der Waals surface area contributed by atoms with Crippen LogP contribution in [0.4, 0.5) is 0 Å². The Labute approximate surface area is 174 Å². The predicted octanol–water partition coefficient (Wildman–Crippen LogP) is 1.16. The van der Waals surface area contributed by atoms with Crippen molar-refractivity contribution in [2.75, 3.05) is 66.1 Å². The fraction of sp³-hybridized carbons (Fsp3) is 0.632. The van der Waals surface area contributed by atoms with E-state index in [1.165, 1.54) is 11.1 Å². The van der Waals surface area contributed by atoms with Gasteiger partial charge >= 0.3 is 0 Å². The van der Waals surface area contributed by atoms with E-state index in [-0.39, 0.29) is 24.0 Å². The zero-order valence-corrected chi connectivity index (χ0v) is 18.1. The van der Waals surface area contributed by atoms with Gasteiger partial charge in [0.25, 0.3) is 0 Å². The van der Waals surface area contributed by atoms with E-state index in [4.69, 9.17) is 4.74 Å². The summed E-state index contributed by atoms with van der Waals surface area (Å²) >= 11 is 0. The number of hydrogen-bond donors (Lipinski definition) is 2. The van der Waals surface area contributed by atoms with E-state index in [1.807, 2.05) is 7.05 Å². The summed E-state index contributed by atoms with van der Waals surface area (Å²) < 4.78 is 5.38. The van der Waals surface area contributed by atoms with Crippen LogP contribution in [0.3, 0.4) is 0 Å². The normalized spacial score (nSPS) is 18.7. The molecule has 1 fully saturated rings. The summed E-state index contributed by atoms with van der Waals surface area (Å²) in [5.41, 5.74) is 2.98. The minimum absolute atomic E-state index is 0. The summed E-state index contributed by atoms with van der Waals surface area (Å²) in [6, 6.07) is 8.79. The summed E-state index contributed by atoms with van der Waals surface area (Å²) in [6.07, 6.45) is 1.16. The average Bonchev–Trinajstić information content (AvgIpc) is 2.67. The number of ether oxygens (including phenoxy) is 1. The molecular formula is C19H32IN5O. The van der Waals surface area contributed by atoms with Crippen molar-refractivity contribution in [1.82, 2.24) is 20.4 Å². The Kier molecular flexibility index (Phi) is 9.66. The number of nitrogens with zero attached hydrogens (tertiary/aromatic N) is 3. The van der Waals surface area contributed by atoms with E-state index in [9.17, 15) is 0 Å². The number of guanidine groups is 1. The monoisotopic (exact) mass is 473 g/mol. The maximum Gasteiger partial charge on any atom is 0.191 e. The summed E-state index contributed by atoms with van der Waals surface area (Å²) in [5, 5.41) is 6.84. The highest BCUT2D eigenvalue weighted by Gasteiger charge is 2.15. The third-order valence-electron chi connectivity index (χ3n) is 4.98. The van der Waals surface area contributed by atoms with E-state index in [0.29, 0.717) is 0 Å². The highest BCUT2D eigenvalue weighted by molar-refractivity contribution is 14.0. The van der Waals surface area contributed by atoms with E-state index < -0.39 is 0 Å². The highest BCUT2D eigenvalue weighted by Crippen LogP contribution is 2.17. The lowest BCUT2D eigenvalue weighted by molar-refractivity contribution is 0.0389. The second-order valence-corrected chi connectivity index (χ2v) is 6.67. The van der Waals surface area contributed by atoms with Crippen LogP contribution in [0.2, 0.25) is 0 Å². The molecule has 0 amide bonds. The quantitative estimate of drug-likeness (QED) is 0.369. The largest absolute Gasteiger partial charge is 0.379 e. The van der Waals surface area contributed by atoms with Crippen LogP contribution >= 0.6 is 24.0 Å². The Morgan fingerprint density at radius 1 is 1.00 bits per heavy atom. The Morgan fingerprint density at radius 3 is 2.35 bits per heavy atom. The first-order valence-electron chi connectivity index (χ1n) is 9.39. The molecule has 0 saturated carbocycles. The van der Waals surface area contributed by atoms with Gasteiger partial charge in [-0.15, -0.1) is 24.0 Å². The summed E-state index contributed by atoms with van der Waals surface area (Å²) in [4.78, 5) is 9.26. The zero-order chi connectivity index (χ0) is 17.3. The molecule has 2 aliphatic heterocycles. The van der Waals surface area contributed by atoms with Gasteiger partial charge in [0.15, 0.2) is 5.96 Å². The molecule has 6 nitrogen and oxygen atoms in total. The number of fused-ring (bicyclic) bond motifs is 1. The van der Waals surface area contributed by atoms with E-state index >= 15 is 0 Å². The van der Waals surface area contributed by atoms with Crippen LogP contribution in [0.25, 0.3) is 0 Å². The standard InChI is InChI=1S/C19H31N5O.HI/c1-20-19(21-7-10-23-12-14-25-15-13-23)22-8-11-24-9-6-17-4-2-3-5-18(17)16-24;/h2-5H,6-16H2,1H3,(H2,20,21,22);1H. The first-order valence-corrected chi connectivity index (χ1v) is 9.39. The van der Waals surface area contributed by atoms with Crippen molar-refractivity contribution < 1.29 is 4.74 Å². The van der Waals surface area contributed by atoms with Crippen molar-refractivity contribution in [3.63, 3.8) is 0 Å². The van der Waals surface area contributed by atoms with Crippen LogP contribution < -0.4 is 10.6 Å². The molecule has 1 aromatic carbocycles. The fourth-order valence-corrected chi connectivity index (χ4v) is 3.46. The van der Waals surface area contributed by atoms with Crippen LogP contribution in [0.1, 0.15) is 11.1 Å². The minimum Gasteiger partial charge on any atom is -0.379 e. The molecule has 146 valence electrons. The predicted molar refractivity (Wildman–Crippen MR) is 117 cm³/mol. The van der Waals surface area contributed by atoms with Gasteiger partial charge in [0, 0.05) is 59.4 Å². The molecule has 2 N–H and O–H groups in total. The van der Waals surface area contributed by atoms with Gasteiger partial charge in [-0.3, -0.25) is 14.8 Å². The maximum absolute atomic E-state index is 5.38. The van der Waals surface area contributed by atoms with Crippen molar-refractivity contribution in [2.24, 2.45) is 4.99 Å². The SMILES string of the molecule is CN=C(NCCN1CCOCC1)NCCN1CCc2ccccc2C1.I. The third-order valence-corrected chi connectivity index (χ3v) is 4.98. The Balaban J connectivity index is 0.00000243. The van der Waals surface area contributed by atoms with Crippen LogP contribution in [-0.2, 0) is 17.7 Å². The van der Waals surface area contributed by atoms with E-state index in [0.717, 1.165) is 78.0 Å². The van der Waals surface area contributed by atoms with Gasteiger partial charge in [0.05, 0.1) is 13.2 Å². The molecule has 0 aromatic heterocycles. The molecule has 0 aliphatic carbocycles. The first kappa shape index (κ1) is 21.4. The molecule has 1 aromatic rings. The number of morpholine rings is 1. The van der Waals surface area contributed by atoms with Crippen molar-refractivity contribution in [1.29, 1.82) is 0 Å². The lowest BCUT2D eigenvalue weighted by Gasteiger charge is -2.29. The highest BCUT2D eigenvalue weighted by atomic mass is 127. The minimum atomic E-state index is 0. The second-order valence-electron chi connectivity index (χ2n) is 6.67. The van der Waals surface area contributed by atoms with Gasteiger partial charge in [0.2, 0.25) is 0 Å². The molecule has 3 rings (SSSR count). The molecule has 0 radical (unpaired) electrons. The number of aliphatic imine (C=N–C) groups is 1. The van der Waals surface area contributed by atoms with Gasteiger partial charge in [-0.05, 0) is 17.5 Å². The van der Waals surface area contributed by atoms with Gasteiger partial charge < -0.3 is 15.4 Å². The fourth-order valence-electron chi connectivity index (χ4n) is 3.46. The second kappa shape index (κ2) is 11.7. The maximum atomic E-state index is 5.38. The van der Waals surface area contributed by atoms with Gasteiger partial charge in [0.1, 0.15) is 0 Å². The van der Waals surface area contributed by atoms with Crippen molar-refractivity contribution in [3.05, 3.63) is 35.4 Å². The Bertz CT molecular complexity index is 563. The number of nitrogens with one attached hydrogen (secondary N) is 2. The lowest BCUT2D eigenvalue weighted by Crippen LogP contribution is -2.46. The number of benzene rings is 1. The van der Waals surface area contributed by atoms with Crippen molar-refractivity contribution >= 4 is 29.9 Å². The topological polar surface area (TPSA) is 52.1 Å². The molecule has 26 heavy (non-hydrogen) atoms. The van der Waals surface area contributed by atoms with E-state index in [1.54, 1.807) is 0 Å². The molecule has 1 saturated heterocycles. The van der Waals surface area contributed by atoms with Crippen LogP contribution in [0, 0.1) is 0 Å². The smallest absolute Gasteiger partial charge is 0.191 e. The molecule has 0 atom stereocenters.